The highest BCUT2D eigenvalue weighted by atomic mass is 35.5. The highest BCUT2D eigenvalue weighted by molar-refractivity contribution is 5.85. The Morgan fingerprint density at radius 3 is 2.62 bits per heavy atom. The van der Waals surface area contributed by atoms with Gasteiger partial charge in [0.2, 0.25) is 0 Å². The zero-order valence-corrected chi connectivity index (χ0v) is 17.0. The minimum Gasteiger partial charge on any atom is -0.366 e. The number of hydrogen-bond acceptors (Lipinski definition) is 4. The third kappa shape index (κ3) is 6.71. The number of benzene rings is 1. The molecule has 0 spiro atoms. The van der Waals surface area contributed by atoms with E-state index in [0.717, 1.165) is 18.7 Å². The van der Waals surface area contributed by atoms with Crippen LogP contribution in [0.2, 0.25) is 0 Å². The molecule has 0 saturated carbocycles. The largest absolute Gasteiger partial charge is 0.366 e. The van der Waals surface area contributed by atoms with Gasteiger partial charge in [0.05, 0.1) is 6.61 Å². The fourth-order valence-corrected chi connectivity index (χ4v) is 3.43. The molecule has 2 aliphatic rings. The van der Waals surface area contributed by atoms with Crippen molar-refractivity contribution in [3.8, 4) is 0 Å². The van der Waals surface area contributed by atoms with E-state index < -0.39 is 0 Å². The molecule has 7 heteroatoms. The van der Waals surface area contributed by atoms with E-state index in [1.54, 1.807) is 0 Å². The third-order valence-corrected chi connectivity index (χ3v) is 5.04. The number of halogens is 2. The summed E-state index contributed by atoms with van der Waals surface area (Å²) in [5, 5.41) is 6.14. The molecule has 2 fully saturated rings. The summed E-state index contributed by atoms with van der Waals surface area (Å²) in [4.78, 5) is 14.6. The number of ether oxygens (including phenoxy) is 1. The number of nitrogens with one attached hydrogen (secondary N) is 2. The topological polar surface area (TPSA) is 53.6 Å². The van der Waals surface area contributed by atoms with Crippen molar-refractivity contribution in [1.82, 2.24) is 15.5 Å². The third-order valence-electron chi connectivity index (χ3n) is 5.04. The van der Waals surface area contributed by atoms with Crippen molar-refractivity contribution in [2.24, 2.45) is 0 Å². The fraction of sp³-hybridized carbons (Fsp3) is 0.632. The van der Waals surface area contributed by atoms with Crippen LogP contribution in [0.15, 0.2) is 24.3 Å². The van der Waals surface area contributed by atoms with Crippen molar-refractivity contribution >= 4 is 30.7 Å². The Bertz CT molecular complexity index is 536. The van der Waals surface area contributed by atoms with Gasteiger partial charge in [-0.1, -0.05) is 30.7 Å². The van der Waals surface area contributed by atoms with Crippen molar-refractivity contribution in [1.29, 1.82) is 0 Å². The quantitative estimate of drug-likeness (QED) is 0.792. The summed E-state index contributed by atoms with van der Waals surface area (Å²) in [5.74, 6) is -0.0339. The van der Waals surface area contributed by atoms with Crippen molar-refractivity contribution in [2.75, 3.05) is 26.2 Å². The fourth-order valence-electron chi connectivity index (χ4n) is 3.43. The molecule has 0 radical (unpaired) electrons. The van der Waals surface area contributed by atoms with Crippen LogP contribution in [0.1, 0.15) is 37.3 Å². The van der Waals surface area contributed by atoms with Crippen molar-refractivity contribution in [2.45, 2.75) is 51.4 Å². The number of morpholine rings is 1. The average molecular weight is 404 g/mol. The van der Waals surface area contributed by atoms with Gasteiger partial charge in [0.25, 0.3) is 5.91 Å². The first-order valence-electron chi connectivity index (χ1n) is 9.14. The second-order valence-electron chi connectivity index (χ2n) is 6.91. The van der Waals surface area contributed by atoms with E-state index in [9.17, 15) is 4.79 Å². The first-order valence-corrected chi connectivity index (χ1v) is 9.14. The molecule has 2 heterocycles. The van der Waals surface area contributed by atoms with Crippen LogP contribution in [-0.4, -0.2) is 49.2 Å². The molecule has 0 aromatic heterocycles. The van der Waals surface area contributed by atoms with Gasteiger partial charge in [-0.2, -0.15) is 0 Å². The number of carbonyl (C=O) groups is 1. The van der Waals surface area contributed by atoms with Gasteiger partial charge in [-0.25, -0.2) is 0 Å². The van der Waals surface area contributed by atoms with E-state index >= 15 is 0 Å². The van der Waals surface area contributed by atoms with Gasteiger partial charge in [0, 0.05) is 32.2 Å². The Morgan fingerprint density at radius 1 is 1.23 bits per heavy atom. The number of hydrogen-bond donors (Lipinski definition) is 2. The Labute approximate surface area is 169 Å². The molecular weight excluding hydrogens is 373 g/mol. The minimum absolute atomic E-state index is 0. The summed E-state index contributed by atoms with van der Waals surface area (Å²) in [7, 11) is 0. The molecule has 2 N–H and O–H groups in total. The van der Waals surface area contributed by atoms with Crippen LogP contribution in [0.5, 0.6) is 0 Å². The van der Waals surface area contributed by atoms with E-state index in [-0.39, 0.29) is 36.8 Å². The van der Waals surface area contributed by atoms with E-state index in [1.165, 1.54) is 31.4 Å². The van der Waals surface area contributed by atoms with Crippen LogP contribution >= 0.6 is 24.8 Å². The lowest BCUT2D eigenvalue weighted by molar-refractivity contribution is -0.134. The lowest BCUT2D eigenvalue weighted by Gasteiger charge is -2.33. The lowest BCUT2D eigenvalue weighted by atomic mass is 10.0. The number of nitrogens with zero attached hydrogens (tertiary/aromatic N) is 1. The van der Waals surface area contributed by atoms with Crippen LogP contribution in [-0.2, 0) is 22.6 Å². The summed E-state index contributed by atoms with van der Waals surface area (Å²) in [6, 6.07) is 9.28. The Hall–Kier alpha value is -0.850. The maximum absolute atomic E-state index is 12.1. The summed E-state index contributed by atoms with van der Waals surface area (Å²) in [6.45, 7) is 7.12. The minimum atomic E-state index is -0.362. The molecule has 2 aliphatic heterocycles. The molecule has 1 amide bonds. The van der Waals surface area contributed by atoms with E-state index in [1.807, 2.05) is 0 Å². The first kappa shape index (κ1) is 23.2. The predicted molar refractivity (Wildman–Crippen MR) is 109 cm³/mol. The van der Waals surface area contributed by atoms with Crippen LogP contribution in [0, 0.1) is 0 Å². The van der Waals surface area contributed by atoms with Gasteiger partial charge in [-0.3, -0.25) is 9.69 Å². The molecule has 148 valence electrons. The second kappa shape index (κ2) is 11.8. The number of carbonyl (C=O) groups excluding carboxylic acids is 1. The molecular formula is C19H31Cl2N3O2. The molecule has 2 unspecified atom stereocenters. The highest BCUT2D eigenvalue weighted by Crippen LogP contribution is 2.19. The molecule has 3 rings (SSSR count). The molecule has 2 saturated heterocycles. The molecule has 1 aromatic carbocycles. The average Bonchev–Trinajstić information content (AvgIpc) is 2.63. The molecule has 5 nitrogen and oxygen atoms in total. The maximum atomic E-state index is 12.1. The van der Waals surface area contributed by atoms with E-state index in [2.05, 4.69) is 46.7 Å². The van der Waals surface area contributed by atoms with Crippen LogP contribution in [0.3, 0.4) is 0 Å². The highest BCUT2D eigenvalue weighted by Gasteiger charge is 2.21. The van der Waals surface area contributed by atoms with Gasteiger partial charge < -0.3 is 15.4 Å². The standard InChI is InChI=1S/C19H29N3O2.2ClH/c1-15-4-2-3-10-22(15)14-17-7-5-16(6-8-17)12-21-19(23)18-13-20-9-11-24-18;;/h5-8,15,18,20H,2-4,9-14H2,1H3,(H,21,23);2*1H. The van der Waals surface area contributed by atoms with Crippen molar-refractivity contribution in [3.05, 3.63) is 35.4 Å². The van der Waals surface area contributed by atoms with Crippen molar-refractivity contribution in [3.63, 3.8) is 0 Å². The summed E-state index contributed by atoms with van der Waals surface area (Å²) >= 11 is 0. The predicted octanol–water partition coefficient (Wildman–Crippen LogP) is 2.51. The van der Waals surface area contributed by atoms with Gasteiger partial charge in [0.1, 0.15) is 6.10 Å². The van der Waals surface area contributed by atoms with Crippen LogP contribution in [0.25, 0.3) is 0 Å². The Balaban J connectivity index is 0.00000169. The maximum Gasteiger partial charge on any atom is 0.250 e. The normalized spacial score (nSPS) is 23.4. The molecule has 2 atom stereocenters. The van der Waals surface area contributed by atoms with Gasteiger partial charge in [0.15, 0.2) is 0 Å². The van der Waals surface area contributed by atoms with Crippen LogP contribution in [0.4, 0.5) is 0 Å². The SMILES string of the molecule is CC1CCCCN1Cc1ccc(CNC(=O)C2CNCCO2)cc1.Cl.Cl. The summed E-state index contributed by atoms with van der Waals surface area (Å²) in [6.07, 6.45) is 3.62. The molecule has 1 aromatic rings. The van der Waals surface area contributed by atoms with Gasteiger partial charge >= 0.3 is 0 Å². The van der Waals surface area contributed by atoms with Gasteiger partial charge in [-0.15, -0.1) is 24.8 Å². The Morgan fingerprint density at radius 2 is 1.96 bits per heavy atom. The summed E-state index contributed by atoms with van der Waals surface area (Å²) < 4.78 is 5.46. The number of likely N-dealkylation sites (tertiary alicyclic amines) is 1. The van der Waals surface area contributed by atoms with E-state index in [0.29, 0.717) is 25.7 Å². The smallest absolute Gasteiger partial charge is 0.250 e. The number of piperidine rings is 1. The Kier molecular flexibility index (Phi) is 10.5. The lowest BCUT2D eigenvalue weighted by Crippen LogP contribution is -2.47. The summed E-state index contributed by atoms with van der Waals surface area (Å²) in [5.41, 5.74) is 2.47. The molecule has 0 bridgehead atoms. The van der Waals surface area contributed by atoms with Crippen LogP contribution < -0.4 is 10.6 Å². The van der Waals surface area contributed by atoms with Gasteiger partial charge in [-0.05, 0) is 37.4 Å². The van der Waals surface area contributed by atoms with E-state index in [4.69, 9.17) is 4.74 Å². The molecule has 26 heavy (non-hydrogen) atoms. The zero-order chi connectivity index (χ0) is 16.8. The monoisotopic (exact) mass is 403 g/mol. The second-order valence-corrected chi connectivity index (χ2v) is 6.91. The van der Waals surface area contributed by atoms with Crippen molar-refractivity contribution < 1.29 is 9.53 Å². The molecule has 0 aliphatic carbocycles. The zero-order valence-electron chi connectivity index (χ0n) is 15.4. The number of amides is 1. The number of rotatable bonds is 5. The first-order chi connectivity index (χ1) is 11.7.